The van der Waals surface area contributed by atoms with Crippen LogP contribution in [0, 0.1) is 0 Å². The molecule has 0 radical (unpaired) electrons. The predicted molar refractivity (Wildman–Crippen MR) is 68.6 cm³/mol. The number of ether oxygens (including phenoxy) is 1. The molecule has 106 valence electrons. The van der Waals surface area contributed by atoms with Crippen LogP contribution in [0.1, 0.15) is 19.1 Å². The minimum absolute atomic E-state index is 0.130. The Bertz CT molecular complexity index is 482. The fourth-order valence-electron chi connectivity index (χ4n) is 1.87. The summed E-state index contributed by atoms with van der Waals surface area (Å²) in [5.41, 5.74) is 5.00. The normalized spacial score (nSPS) is 24.5. The van der Waals surface area contributed by atoms with Gasteiger partial charge in [-0.05, 0) is 18.9 Å². The molecular weight excluding hydrogens is 273 g/mol. The average molecular weight is 289 g/mol. The van der Waals surface area contributed by atoms with Crippen molar-refractivity contribution in [2.24, 2.45) is 0 Å². The van der Waals surface area contributed by atoms with Crippen molar-refractivity contribution in [1.29, 1.82) is 0 Å². The lowest BCUT2D eigenvalue weighted by molar-refractivity contribution is -0.140. The van der Waals surface area contributed by atoms with Gasteiger partial charge in [-0.25, -0.2) is 10.1 Å². The Morgan fingerprint density at radius 2 is 2.47 bits per heavy atom. The van der Waals surface area contributed by atoms with Crippen molar-refractivity contribution in [2.45, 2.75) is 25.2 Å². The van der Waals surface area contributed by atoms with Crippen molar-refractivity contribution < 1.29 is 19.2 Å². The van der Waals surface area contributed by atoms with Gasteiger partial charge in [0.05, 0.1) is 12.7 Å². The third-order valence-corrected chi connectivity index (χ3v) is 3.55. The van der Waals surface area contributed by atoms with Crippen molar-refractivity contribution in [1.82, 2.24) is 9.55 Å². The zero-order valence-electron chi connectivity index (χ0n) is 10.4. The predicted octanol–water partition coefficient (Wildman–Crippen LogP) is 0.951. The second kappa shape index (κ2) is 6.40. The first-order valence-corrected chi connectivity index (χ1v) is 7.41. The van der Waals surface area contributed by atoms with E-state index in [0.29, 0.717) is 13.0 Å². The minimum atomic E-state index is -1.30. The molecule has 2 rings (SSSR count). The molecule has 0 bridgehead atoms. The van der Waals surface area contributed by atoms with Gasteiger partial charge in [-0.3, -0.25) is 4.57 Å². The summed E-state index contributed by atoms with van der Waals surface area (Å²) in [5, 5.41) is 8.40. The zero-order valence-corrected chi connectivity index (χ0v) is 11.3. The van der Waals surface area contributed by atoms with Crippen LogP contribution < -0.4 is 11.4 Å². The van der Waals surface area contributed by atoms with E-state index in [1.54, 1.807) is 18.9 Å². The van der Waals surface area contributed by atoms with Gasteiger partial charge < -0.3 is 15.0 Å². The van der Waals surface area contributed by atoms with Crippen LogP contribution in [-0.4, -0.2) is 34.2 Å². The van der Waals surface area contributed by atoms with Crippen molar-refractivity contribution in [3.8, 4) is 0 Å². The fraction of sp³-hybridized carbons (Fsp3) is 0.600. The molecule has 1 aliphatic rings. The number of nitrogens with zero attached hydrogens (tertiary/aromatic N) is 2. The Kier molecular flexibility index (Phi) is 4.84. The quantitative estimate of drug-likeness (QED) is 0.472. The van der Waals surface area contributed by atoms with Crippen molar-refractivity contribution in [3.05, 3.63) is 22.7 Å². The Balaban J connectivity index is 1.93. The lowest BCUT2D eigenvalue weighted by Gasteiger charge is -2.16. The summed E-state index contributed by atoms with van der Waals surface area (Å²) in [4.78, 5) is 15.3. The van der Waals surface area contributed by atoms with Crippen LogP contribution in [0.2, 0.25) is 0 Å². The molecule has 3 unspecified atom stereocenters. The maximum atomic E-state index is 11.7. The maximum absolute atomic E-state index is 11.7. The van der Waals surface area contributed by atoms with Crippen LogP contribution in [0.4, 0.5) is 5.82 Å². The number of hydrogen-bond acceptors (Lipinski definition) is 7. The Morgan fingerprint density at radius 1 is 1.68 bits per heavy atom. The van der Waals surface area contributed by atoms with Gasteiger partial charge in [0.25, 0.3) is 0 Å². The van der Waals surface area contributed by atoms with Gasteiger partial charge in [-0.1, -0.05) is 0 Å². The van der Waals surface area contributed by atoms with Gasteiger partial charge in [0.1, 0.15) is 12.0 Å². The van der Waals surface area contributed by atoms with E-state index in [2.05, 4.69) is 9.66 Å². The molecule has 2 heterocycles. The second-order valence-corrected chi connectivity index (χ2v) is 5.45. The number of anilines is 1. The van der Waals surface area contributed by atoms with E-state index in [1.807, 2.05) is 0 Å². The molecule has 0 saturated carbocycles. The summed E-state index contributed by atoms with van der Waals surface area (Å²) in [6.07, 6.45) is 2.54. The smallest absolute Gasteiger partial charge is 0.351 e. The van der Waals surface area contributed by atoms with Gasteiger partial charge in [0.2, 0.25) is 8.38 Å². The second-order valence-electron chi connectivity index (χ2n) is 4.15. The molecule has 0 spiro atoms. The van der Waals surface area contributed by atoms with Crippen LogP contribution in [0.25, 0.3) is 0 Å². The molecule has 0 aromatic carbocycles. The number of aromatic nitrogens is 2. The molecule has 0 amide bonds. The summed E-state index contributed by atoms with van der Waals surface area (Å²) in [6, 6.07) is 1.56. The van der Waals surface area contributed by atoms with Crippen LogP contribution >= 0.6 is 8.38 Å². The third kappa shape index (κ3) is 3.71. The zero-order chi connectivity index (χ0) is 13.8. The molecule has 1 saturated heterocycles. The minimum Gasteiger partial charge on any atom is -0.383 e. The van der Waals surface area contributed by atoms with E-state index in [-0.39, 0.29) is 18.1 Å². The fourth-order valence-corrected chi connectivity index (χ4v) is 2.29. The van der Waals surface area contributed by atoms with Crippen molar-refractivity contribution in [3.63, 3.8) is 0 Å². The molecule has 1 aliphatic heterocycles. The molecule has 1 aromatic rings. The largest absolute Gasteiger partial charge is 0.383 e. The van der Waals surface area contributed by atoms with Crippen molar-refractivity contribution >= 4 is 14.2 Å². The topological polar surface area (TPSA) is 109 Å². The van der Waals surface area contributed by atoms with Gasteiger partial charge in [-0.15, -0.1) is 0 Å². The highest BCUT2D eigenvalue weighted by atomic mass is 31.2. The first-order valence-electron chi connectivity index (χ1n) is 5.78. The standard InChI is InChI=1S/C10H16N3O5P/c1-19(18-15)16-6-7-2-3-9(17-7)13-5-4-8(11)12-10(13)14/h4-5,7,9,15H,2-3,6H2,1H3,(H2,11,12,14). The Hall–Kier alpha value is -1.05. The lowest BCUT2D eigenvalue weighted by Crippen LogP contribution is -2.27. The lowest BCUT2D eigenvalue weighted by atomic mass is 10.2. The van der Waals surface area contributed by atoms with Crippen LogP contribution in [0.5, 0.6) is 0 Å². The summed E-state index contributed by atoms with van der Waals surface area (Å²) in [7, 11) is -1.30. The molecule has 1 aromatic heterocycles. The number of nitrogens with two attached hydrogens (primary N) is 1. The molecule has 1 fully saturated rings. The maximum Gasteiger partial charge on any atom is 0.351 e. The number of hydrogen-bond donors (Lipinski definition) is 2. The highest BCUT2D eigenvalue weighted by Crippen LogP contribution is 2.34. The molecule has 3 atom stereocenters. The molecular formula is C10H16N3O5P. The summed E-state index contributed by atoms with van der Waals surface area (Å²) >= 11 is 0. The van der Waals surface area contributed by atoms with Crippen molar-refractivity contribution in [2.75, 3.05) is 19.0 Å². The van der Waals surface area contributed by atoms with Gasteiger partial charge >= 0.3 is 5.69 Å². The van der Waals surface area contributed by atoms with Gasteiger partial charge in [0.15, 0.2) is 0 Å². The molecule has 9 heteroatoms. The summed E-state index contributed by atoms with van der Waals surface area (Å²) in [6.45, 7) is 1.95. The van der Waals surface area contributed by atoms with Gasteiger partial charge in [-0.2, -0.15) is 9.66 Å². The van der Waals surface area contributed by atoms with E-state index in [1.165, 1.54) is 4.57 Å². The van der Waals surface area contributed by atoms with E-state index in [9.17, 15) is 4.79 Å². The first kappa shape index (κ1) is 14.4. The van der Waals surface area contributed by atoms with E-state index in [0.717, 1.165) is 6.42 Å². The molecule has 0 aliphatic carbocycles. The summed E-state index contributed by atoms with van der Waals surface area (Å²) < 4.78 is 16.4. The highest BCUT2D eigenvalue weighted by molar-refractivity contribution is 7.46. The van der Waals surface area contributed by atoms with Crippen LogP contribution in [-0.2, 0) is 13.9 Å². The van der Waals surface area contributed by atoms with E-state index >= 15 is 0 Å². The average Bonchev–Trinajstić information content (AvgIpc) is 2.84. The Morgan fingerprint density at radius 3 is 3.16 bits per heavy atom. The highest BCUT2D eigenvalue weighted by Gasteiger charge is 2.28. The van der Waals surface area contributed by atoms with E-state index < -0.39 is 14.1 Å². The first-order chi connectivity index (χ1) is 9.10. The molecule has 19 heavy (non-hydrogen) atoms. The number of rotatable bonds is 5. The number of nitrogen functional groups attached to an aromatic ring is 1. The Labute approximate surface area is 111 Å². The van der Waals surface area contributed by atoms with Crippen LogP contribution in [0.3, 0.4) is 0 Å². The molecule has 8 nitrogen and oxygen atoms in total. The summed E-state index contributed by atoms with van der Waals surface area (Å²) in [5.74, 6) is 0.191. The van der Waals surface area contributed by atoms with Gasteiger partial charge in [0, 0.05) is 12.9 Å². The SMILES string of the molecule is CP(OO)OCC1CCC(n2ccc(N)nc2=O)O1. The molecule has 3 N–H and O–H groups in total. The monoisotopic (exact) mass is 289 g/mol. The van der Waals surface area contributed by atoms with Crippen LogP contribution in [0.15, 0.2) is 17.1 Å². The van der Waals surface area contributed by atoms with E-state index in [4.69, 9.17) is 20.3 Å². The third-order valence-electron chi connectivity index (χ3n) is 2.80.